The third-order valence-corrected chi connectivity index (χ3v) is 6.24. The van der Waals surface area contributed by atoms with Gasteiger partial charge in [-0.1, -0.05) is 19.8 Å². The molecule has 1 saturated heterocycles. The third kappa shape index (κ3) is 5.04. The Labute approximate surface area is 117 Å². The van der Waals surface area contributed by atoms with E-state index in [1.165, 1.54) is 19.3 Å². The first kappa shape index (κ1) is 15.3. The van der Waals surface area contributed by atoms with Crippen molar-refractivity contribution in [3.05, 3.63) is 0 Å². The highest BCUT2D eigenvalue weighted by atomic mass is 32.2. The fourth-order valence-electron chi connectivity index (χ4n) is 3.32. The van der Waals surface area contributed by atoms with Crippen molar-refractivity contribution in [1.29, 1.82) is 0 Å². The maximum Gasteiger partial charge on any atom is 0.211 e. The van der Waals surface area contributed by atoms with E-state index in [1.54, 1.807) is 0 Å². The van der Waals surface area contributed by atoms with E-state index in [4.69, 9.17) is 0 Å². The van der Waals surface area contributed by atoms with E-state index in [9.17, 15) is 8.42 Å². The van der Waals surface area contributed by atoms with Gasteiger partial charge in [-0.3, -0.25) is 0 Å². The second-order valence-electron chi connectivity index (χ2n) is 6.32. The monoisotopic (exact) mass is 288 g/mol. The summed E-state index contributed by atoms with van der Waals surface area (Å²) in [5.74, 6) is 2.11. The van der Waals surface area contributed by atoms with Crippen molar-refractivity contribution in [3.8, 4) is 0 Å². The molecule has 19 heavy (non-hydrogen) atoms. The molecule has 0 spiro atoms. The summed E-state index contributed by atoms with van der Waals surface area (Å²) in [5, 5.41) is 3.31. The highest BCUT2D eigenvalue weighted by Gasteiger charge is 2.25. The molecule has 1 heterocycles. The Morgan fingerprint density at radius 3 is 2.53 bits per heavy atom. The van der Waals surface area contributed by atoms with Gasteiger partial charge >= 0.3 is 0 Å². The minimum absolute atomic E-state index is 0.304. The van der Waals surface area contributed by atoms with Gasteiger partial charge < -0.3 is 5.32 Å². The zero-order valence-corrected chi connectivity index (χ0v) is 12.8. The maximum absolute atomic E-state index is 12.0. The van der Waals surface area contributed by atoms with Crippen molar-refractivity contribution < 1.29 is 8.42 Å². The Hall–Kier alpha value is -0.130. The van der Waals surface area contributed by atoms with Crippen LogP contribution in [-0.2, 0) is 10.0 Å². The largest absolute Gasteiger partial charge is 0.317 e. The molecule has 0 amide bonds. The standard InChI is InChI=1S/C14H28N2O2S/c1-12-3-2-4-14(12)11-16-19(17,18)10-7-13-5-8-15-9-6-13/h12-16H,2-11H2,1H3. The lowest BCUT2D eigenvalue weighted by molar-refractivity contribution is 0.364. The Morgan fingerprint density at radius 2 is 1.89 bits per heavy atom. The van der Waals surface area contributed by atoms with Crippen LogP contribution in [0.25, 0.3) is 0 Å². The summed E-state index contributed by atoms with van der Waals surface area (Å²) in [6.45, 7) is 4.96. The normalized spacial score (nSPS) is 29.7. The summed E-state index contributed by atoms with van der Waals surface area (Å²) in [5.41, 5.74) is 0. The van der Waals surface area contributed by atoms with E-state index < -0.39 is 10.0 Å². The molecule has 2 aliphatic rings. The van der Waals surface area contributed by atoms with Crippen LogP contribution in [0.5, 0.6) is 0 Å². The van der Waals surface area contributed by atoms with Crippen molar-refractivity contribution in [2.75, 3.05) is 25.4 Å². The quantitative estimate of drug-likeness (QED) is 0.782. The molecule has 0 aromatic heterocycles. The molecule has 112 valence electrons. The summed E-state index contributed by atoms with van der Waals surface area (Å²) in [7, 11) is -3.06. The molecule has 1 saturated carbocycles. The molecule has 2 fully saturated rings. The molecule has 0 aromatic carbocycles. The molecule has 2 N–H and O–H groups in total. The molecule has 0 radical (unpaired) electrons. The number of hydrogen-bond donors (Lipinski definition) is 2. The van der Waals surface area contributed by atoms with Crippen molar-refractivity contribution in [1.82, 2.24) is 10.0 Å². The van der Waals surface area contributed by atoms with Crippen molar-refractivity contribution in [2.24, 2.45) is 17.8 Å². The lowest BCUT2D eigenvalue weighted by Gasteiger charge is -2.22. The second kappa shape index (κ2) is 7.04. The van der Waals surface area contributed by atoms with Gasteiger partial charge in [0.15, 0.2) is 0 Å². The van der Waals surface area contributed by atoms with Crippen LogP contribution in [0.15, 0.2) is 0 Å². The van der Waals surface area contributed by atoms with Gasteiger partial charge in [-0.2, -0.15) is 0 Å². The third-order valence-electron chi connectivity index (χ3n) is 4.86. The maximum atomic E-state index is 12.0. The summed E-state index contributed by atoms with van der Waals surface area (Å²) in [4.78, 5) is 0. The number of hydrogen-bond acceptors (Lipinski definition) is 3. The van der Waals surface area contributed by atoms with Gasteiger partial charge in [0, 0.05) is 6.54 Å². The molecule has 0 bridgehead atoms. The second-order valence-corrected chi connectivity index (χ2v) is 8.24. The average Bonchev–Trinajstić information content (AvgIpc) is 2.81. The molecular weight excluding hydrogens is 260 g/mol. The van der Waals surface area contributed by atoms with Gasteiger partial charge in [0.05, 0.1) is 5.75 Å². The molecule has 4 nitrogen and oxygen atoms in total. The van der Waals surface area contributed by atoms with Crippen molar-refractivity contribution in [3.63, 3.8) is 0 Å². The van der Waals surface area contributed by atoms with Gasteiger partial charge in [-0.05, 0) is 56.5 Å². The van der Waals surface area contributed by atoms with E-state index in [0.29, 0.717) is 30.1 Å². The molecule has 2 rings (SSSR count). The average molecular weight is 288 g/mol. The molecule has 1 aliphatic carbocycles. The highest BCUT2D eigenvalue weighted by molar-refractivity contribution is 7.89. The van der Waals surface area contributed by atoms with Crippen LogP contribution in [0.1, 0.15) is 45.4 Å². The summed E-state index contributed by atoms with van der Waals surface area (Å²) in [6, 6.07) is 0. The van der Waals surface area contributed by atoms with E-state index in [-0.39, 0.29) is 0 Å². The number of sulfonamides is 1. The van der Waals surface area contributed by atoms with Gasteiger partial charge in [-0.15, -0.1) is 0 Å². The fraction of sp³-hybridized carbons (Fsp3) is 1.00. The first-order valence-corrected chi connectivity index (χ1v) is 9.40. The molecule has 2 unspecified atom stereocenters. The number of nitrogens with one attached hydrogen (secondary N) is 2. The predicted octanol–water partition coefficient (Wildman–Crippen LogP) is 1.73. The van der Waals surface area contributed by atoms with E-state index in [2.05, 4.69) is 17.0 Å². The smallest absolute Gasteiger partial charge is 0.211 e. The first-order chi connectivity index (χ1) is 9.07. The number of rotatable bonds is 6. The van der Waals surface area contributed by atoms with Crippen LogP contribution >= 0.6 is 0 Å². The lowest BCUT2D eigenvalue weighted by atomic mass is 9.96. The first-order valence-electron chi connectivity index (χ1n) is 7.75. The van der Waals surface area contributed by atoms with Gasteiger partial charge in [-0.25, -0.2) is 13.1 Å². The van der Waals surface area contributed by atoms with Crippen LogP contribution in [0, 0.1) is 17.8 Å². The molecule has 2 atom stereocenters. The summed E-state index contributed by atoms with van der Waals surface area (Å²) >= 11 is 0. The van der Waals surface area contributed by atoms with Crippen molar-refractivity contribution in [2.45, 2.75) is 45.4 Å². The van der Waals surface area contributed by atoms with Gasteiger partial charge in [0.1, 0.15) is 0 Å². The Morgan fingerprint density at radius 1 is 1.16 bits per heavy atom. The molecule has 0 aromatic rings. The van der Waals surface area contributed by atoms with Crippen LogP contribution in [-0.4, -0.2) is 33.8 Å². The van der Waals surface area contributed by atoms with Crippen LogP contribution < -0.4 is 10.0 Å². The van der Waals surface area contributed by atoms with Crippen molar-refractivity contribution >= 4 is 10.0 Å². The number of piperidine rings is 1. The Bertz CT molecular complexity index is 364. The zero-order chi connectivity index (χ0) is 13.7. The summed E-state index contributed by atoms with van der Waals surface area (Å²) in [6.07, 6.45) is 6.74. The van der Waals surface area contributed by atoms with E-state index in [0.717, 1.165) is 32.4 Å². The Balaban J connectivity index is 1.69. The molecular formula is C14H28N2O2S. The topological polar surface area (TPSA) is 58.2 Å². The summed E-state index contributed by atoms with van der Waals surface area (Å²) < 4.78 is 26.8. The van der Waals surface area contributed by atoms with Crippen LogP contribution in [0.2, 0.25) is 0 Å². The van der Waals surface area contributed by atoms with Crippen LogP contribution in [0.4, 0.5) is 0 Å². The minimum atomic E-state index is -3.06. The lowest BCUT2D eigenvalue weighted by Crippen LogP contribution is -2.34. The fourth-order valence-corrected chi connectivity index (χ4v) is 4.58. The molecule has 1 aliphatic heterocycles. The van der Waals surface area contributed by atoms with E-state index >= 15 is 0 Å². The van der Waals surface area contributed by atoms with Gasteiger partial charge in [0.2, 0.25) is 10.0 Å². The van der Waals surface area contributed by atoms with E-state index in [1.807, 2.05) is 0 Å². The SMILES string of the molecule is CC1CCCC1CNS(=O)(=O)CCC1CCNCC1. The van der Waals surface area contributed by atoms with Gasteiger partial charge in [0.25, 0.3) is 0 Å². The van der Waals surface area contributed by atoms with Crippen LogP contribution in [0.3, 0.4) is 0 Å². The Kier molecular flexibility index (Phi) is 5.66. The predicted molar refractivity (Wildman–Crippen MR) is 78.5 cm³/mol. The minimum Gasteiger partial charge on any atom is -0.317 e. The molecule has 5 heteroatoms. The highest BCUT2D eigenvalue weighted by Crippen LogP contribution is 2.30. The zero-order valence-electron chi connectivity index (χ0n) is 12.0.